The minimum absolute atomic E-state index is 0.137. The van der Waals surface area contributed by atoms with E-state index in [0.29, 0.717) is 25.1 Å². The average molecular weight is 518 g/mol. The Morgan fingerprint density at radius 3 is 2.13 bits per heavy atom. The van der Waals surface area contributed by atoms with Crippen LogP contribution in [0.3, 0.4) is 0 Å². The van der Waals surface area contributed by atoms with Gasteiger partial charge in [-0.25, -0.2) is 4.39 Å². The first-order valence-electron chi connectivity index (χ1n) is 13.2. The number of rotatable bonds is 10. The number of hydrogen-bond donors (Lipinski definition) is 1. The minimum Gasteiger partial charge on any atom is -0.497 e. The lowest BCUT2D eigenvalue weighted by Crippen LogP contribution is -2.46. The largest absolute Gasteiger partial charge is 0.497 e. The Labute approximate surface area is 224 Å². The van der Waals surface area contributed by atoms with Crippen LogP contribution in [-0.4, -0.2) is 47.9 Å². The van der Waals surface area contributed by atoms with Gasteiger partial charge in [0, 0.05) is 50.7 Å². The van der Waals surface area contributed by atoms with Crippen LogP contribution in [0, 0.1) is 5.82 Å². The summed E-state index contributed by atoms with van der Waals surface area (Å²) < 4.78 is 18.4. The lowest BCUT2D eigenvalue weighted by Gasteiger charge is -2.38. The lowest BCUT2D eigenvalue weighted by molar-refractivity contribution is -0.135. The van der Waals surface area contributed by atoms with Crippen molar-refractivity contribution in [2.24, 2.45) is 0 Å². The van der Waals surface area contributed by atoms with E-state index in [-0.39, 0.29) is 23.7 Å². The zero-order chi connectivity index (χ0) is 26.9. The van der Waals surface area contributed by atoms with Gasteiger partial charge >= 0.3 is 0 Å². The van der Waals surface area contributed by atoms with Crippen LogP contribution in [0.4, 0.5) is 4.39 Å². The number of carbonyl (C=O) groups excluding carboxylic acids is 2. The summed E-state index contributed by atoms with van der Waals surface area (Å²) in [5.41, 5.74) is 3.68. The molecule has 0 aromatic heterocycles. The molecule has 3 aromatic rings. The predicted molar refractivity (Wildman–Crippen MR) is 146 cm³/mol. The summed E-state index contributed by atoms with van der Waals surface area (Å²) in [6, 6.07) is 21.9. The maximum Gasteiger partial charge on any atom is 0.251 e. The van der Waals surface area contributed by atoms with Crippen molar-refractivity contribution in [3.05, 3.63) is 101 Å². The van der Waals surface area contributed by atoms with Crippen LogP contribution in [0.25, 0.3) is 0 Å². The van der Waals surface area contributed by atoms with E-state index in [1.54, 1.807) is 7.11 Å². The summed E-state index contributed by atoms with van der Waals surface area (Å²) in [5.74, 6) is 0.566. The molecule has 0 unspecified atom stereocenters. The van der Waals surface area contributed by atoms with Gasteiger partial charge in [-0.1, -0.05) is 43.3 Å². The standard InChI is InChI=1S/C31H36FN3O3/c1-3-30(36)35(28-16-18-34(19-17-28)21-24-6-12-27(32)13-7-24)22-25-4-10-26(11-5-25)31(37)33-20-23-8-14-29(38-2)15-9-23/h4-15,28H,3,16-22H2,1-2H3,(H,33,37). The number of ether oxygens (including phenoxy) is 1. The molecule has 7 heteroatoms. The summed E-state index contributed by atoms with van der Waals surface area (Å²) in [7, 11) is 1.62. The zero-order valence-corrected chi connectivity index (χ0v) is 22.2. The van der Waals surface area contributed by atoms with Crippen molar-refractivity contribution in [1.82, 2.24) is 15.1 Å². The third kappa shape index (κ3) is 7.42. The number of halogens is 1. The van der Waals surface area contributed by atoms with Gasteiger partial charge in [-0.2, -0.15) is 0 Å². The minimum atomic E-state index is -0.219. The van der Waals surface area contributed by atoms with Crippen molar-refractivity contribution >= 4 is 11.8 Å². The fourth-order valence-electron chi connectivity index (χ4n) is 4.85. The number of methoxy groups -OCH3 is 1. The molecule has 0 bridgehead atoms. The van der Waals surface area contributed by atoms with Crippen LogP contribution in [0.1, 0.15) is 53.2 Å². The summed E-state index contributed by atoms with van der Waals surface area (Å²) in [6.07, 6.45) is 2.26. The average Bonchev–Trinajstić information content (AvgIpc) is 2.96. The molecule has 3 aromatic carbocycles. The molecule has 1 aliphatic heterocycles. The molecule has 0 spiro atoms. The fraction of sp³-hybridized carbons (Fsp3) is 0.355. The Balaban J connectivity index is 1.30. The number of nitrogens with zero attached hydrogens (tertiary/aromatic N) is 2. The second-order valence-corrected chi connectivity index (χ2v) is 9.74. The third-order valence-corrected chi connectivity index (χ3v) is 7.12. The number of hydrogen-bond acceptors (Lipinski definition) is 4. The van der Waals surface area contributed by atoms with Gasteiger partial charge in [-0.15, -0.1) is 0 Å². The highest BCUT2D eigenvalue weighted by molar-refractivity contribution is 5.94. The highest BCUT2D eigenvalue weighted by Crippen LogP contribution is 2.22. The molecule has 1 saturated heterocycles. The van der Waals surface area contributed by atoms with Gasteiger partial charge in [0.1, 0.15) is 11.6 Å². The maximum atomic E-state index is 13.2. The molecule has 0 aliphatic carbocycles. The van der Waals surface area contributed by atoms with Gasteiger partial charge in [0.25, 0.3) is 5.91 Å². The monoisotopic (exact) mass is 517 g/mol. The van der Waals surface area contributed by atoms with Crippen LogP contribution in [-0.2, 0) is 24.4 Å². The van der Waals surface area contributed by atoms with Gasteiger partial charge in [0.05, 0.1) is 7.11 Å². The van der Waals surface area contributed by atoms with E-state index in [1.807, 2.05) is 72.5 Å². The van der Waals surface area contributed by atoms with Crippen molar-refractivity contribution in [2.75, 3.05) is 20.2 Å². The van der Waals surface area contributed by atoms with Crippen molar-refractivity contribution in [1.29, 1.82) is 0 Å². The number of carbonyl (C=O) groups is 2. The van der Waals surface area contributed by atoms with E-state index in [9.17, 15) is 14.0 Å². The Kier molecular flexibility index (Phi) is 9.49. The van der Waals surface area contributed by atoms with E-state index >= 15 is 0 Å². The van der Waals surface area contributed by atoms with Gasteiger partial charge in [-0.05, 0) is 65.9 Å². The second kappa shape index (κ2) is 13.2. The lowest BCUT2D eigenvalue weighted by atomic mass is 10.0. The molecule has 0 radical (unpaired) electrons. The van der Waals surface area contributed by atoms with E-state index in [4.69, 9.17) is 4.74 Å². The molecule has 200 valence electrons. The summed E-state index contributed by atoms with van der Waals surface area (Å²) >= 11 is 0. The molecule has 0 saturated carbocycles. The first-order valence-corrected chi connectivity index (χ1v) is 13.2. The van der Waals surface area contributed by atoms with E-state index in [0.717, 1.165) is 54.9 Å². The quantitative estimate of drug-likeness (QED) is 0.403. The number of benzene rings is 3. The molecular weight excluding hydrogens is 481 g/mol. The zero-order valence-electron chi connectivity index (χ0n) is 22.2. The first kappa shape index (κ1) is 27.3. The maximum absolute atomic E-state index is 13.2. The van der Waals surface area contributed by atoms with Crippen LogP contribution >= 0.6 is 0 Å². The fourth-order valence-corrected chi connectivity index (χ4v) is 4.85. The highest BCUT2D eigenvalue weighted by Gasteiger charge is 2.27. The Bertz CT molecular complexity index is 1190. The number of piperidine rings is 1. The summed E-state index contributed by atoms with van der Waals surface area (Å²) in [5, 5.41) is 2.95. The molecule has 1 N–H and O–H groups in total. The van der Waals surface area contributed by atoms with Crippen molar-refractivity contribution < 1.29 is 18.7 Å². The van der Waals surface area contributed by atoms with Crippen LogP contribution in [0.2, 0.25) is 0 Å². The molecular formula is C31H36FN3O3. The van der Waals surface area contributed by atoms with Crippen LogP contribution in [0.5, 0.6) is 5.75 Å². The molecule has 38 heavy (non-hydrogen) atoms. The van der Waals surface area contributed by atoms with Crippen molar-refractivity contribution in [3.8, 4) is 5.75 Å². The molecule has 4 rings (SSSR count). The van der Waals surface area contributed by atoms with Gasteiger partial charge in [-0.3, -0.25) is 14.5 Å². The van der Waals surface area contributed by atoms with E-state index in [1.165, 1.54) is 12.1 Å². The summed E-state index contributed by atoms with van der Waals surface area (Å²) in [4.78, 5) is 29.8. The van der Waals surface area contributed by atoms with Gasteiger partial charge in [0.15, 0.2) is 0 Å². The van der Waals surface area contributed by atoms with Crippen LogP contribution < -0.4 is 10.1 Å². The third-order valence-electron chi connectivity index (χ3n) is 7.12. The van der Waals surface area contributed by atoms with Crippen LogP contribution in [0.15, 0.2) is 72.8 Å². The molecule has 1 heterocycles. The number of nitrogens with one attached hydrogen (secondary N) is 1. The molecule has 2 amide bonds. The van der Waals surface area contributed by atoms with Gasteiger partial charge in [0.2, 0.25) is 5.91 Å². The normalized spacial score (nSPS) is 14.2. The van der Waals surface area contributed by atoms with Crippen molar-refractivity contribution in [2.45, 2.75) is 51.9 Å². The Hall–Kier alpha value is -3.71. The topological polar surface area (TPSA) is 61.9 Å². The smallest absolute Gasteiger partial charge is 0.251 e. The van der Waals surface area contributed by atoms with Gasteiger partial charge < -0.3 is 15.0 Å². The molecule has 1 fully saturated rings. The Morgan fingerprint density at radius 2 is 1.53 bits per heavy atom. The second-order valence-electron chi connectivity index (χ2n) is 9.74. The predicted octanol–water partition coefficient (Wildman–Crippen LogP) is 5.17. The summed E-state index contributed by atoms with van der Waals surface area (Å²) in [6.45, 7) is 5.43. The van der Waals surface area contributed by atoms with Crippen molar-refractivity contribution in [3.63, 3.8) is 0 Å². The highest BCUT2D eigenvalue weighted by atomic mass is 19.1. The molecule has 0 atom stereocenters. The van der Waals surface area contributed by atoms with E-state index in [2.05, 4.69) is 10.2 Å². The molecule has 6 nitrogen and oxygen atoms in total. The SMILES string of the molecule is CCC(=O)N(Cc1ccc(C(=O)NCc2ccc(OC)cc2)cc1)C1CCN(Cc2ccc(F)cc2)CC1. The number of amides is 2. The Morgan fingerprint density at radius 1 is 0.921 bits per heavy atom. The number of likely N-dealkylation sites (tertiary alicyclic amines) is 1. The molecule has 1 aliphatic rings. The first-order chi connectivity index (χ1) is 18.4. The van der Waals surface area contributed by atoms with E-state index < -0.39 is 0 Å².